The molecule has 0 radical (unpaired) electrons. The number of amides is 1. The second-order valence-corrected chi connectivity index (χ2v) is 4.53. The maximum absolute atomic E-state index is 12.0. The molecule has 1 saturated heterocycles. The molecule has 0 aromatic carbocycles. The number of rotatable bonds is 3. The molecule has 0 aliphatic carbocycles. The van der Waals surface area contributed by atoms with Gasteiger partial charge in [0.15, 0.2) is 0 Å². The zero-order valence-electron chi connectivity index (χ0n) is 10.3. The fraction of sp³-hybridized carbons (Fsp3) is 0.667. The molecule has 1 N–H and O–H groups in total. The molecule has 0 aromatic rings. The lowest BCUT2D eigenvalue weighted by Crippen LogP contribution is -2.47. The Labute approximate surface area is 106 Å². The van der Waals surface area contributed by atoms with E-state index in [2.05, 4.69) is 0 Å². The Hall–Kier alpha value is -1.40. The molecule has 0 bridgehead atoms. The first kappa shape index (κ1) is 13.0. The molecule has 0 saturated carbocycles. The Morgan fingerprint density at radius 3 is 2.67 bits per heavy atom. The van der Waals surface area contributed by atoms with E-state index in [4.69, 9.17) is 9.84 Å². The SMILES string of the molecule is O=C(O)C1=CCCN(CC(=O)N2CCOCC2)C1. The molecule has 0 unspecified atom stereocenters. The third-order valence-corrected chi connectivity index (χ3v) is 3.23. The summed E-state index contributed by atoms with van der Waals surface area (Å²) in [5.41, 5.74) is 0.385. The van der Waals surface area contributed by atoms with Crippen LogP contribution in [0.4, 0.5) is 0 Å². The lowest BCUT2D eigenvalue weighted by molar-refractivity contribution is -0.137. The third kappa shape index (κ3) is 3.30. The van der Waals surface area contributed by atoms with Crippen molar-refractivity contribution < 1.29 is 19.4 Å². The Bertz CT molecular complexity index is 361. The second-order valence-electron chi connectivity index (χ2n) is 4.53. The summed E-state index contributed by atoms with van der Waals surface area (Å²) in [5.74, 6) is -0.830. The van der Waals surface area contributed by atoms with Crippen molar-refractivity contribution in [2.45, 2.75) is 6.42 Å². The van der Waals surface area contributed by atoms with Crippen molar-refractivity contribution in [2.75, 3.05) is 45.9 Å². The molecule has 18 heavy (non-hydrogen) atoms. The fourth-order valence-electron chi connectivity index (χ4n) is 2.20. The van der Waals surface area contributed by atoms with Gasteiger partial charge in [-0.05, 0) is 6.42 Å². The quantitative estimate of drug-likeness (QED) is 0.739. The van der Waals surface area contributed by atoms with Crippen LogP contribution in [0, 0.1) is 0 Å². The molecule has 2 rings (SSSR count). The van der Waals surface area contributed by atoms with Gasteiger partial charge in [-0.1, -0.05) is 6.08 Å². The summed E-state index contributed by atoms with van der Waals surface area (Å²) in [6.45, 7) is 3.84. The second kappa shape index (κ2) is 5.97. The number of carbonyl (C=O) groups excluding carboxylic acids is 1. The molecule has 0 aromatic heterocycles. The summed E-state index contributed by atoms with van der Waals surface area (Å²) in [6, 6.07) is 0. The summed E-state index contributed by atoms with van der Waals surface area (Å²) in [5, 5.41) is 8.93. The zero-order chi connectivity index (χ0) is 13.0. The summed E-state index contributed by atoms with van der Waals surface area (Å²) in [7, 11) is 0. The molecule has 2 aliphatic heterocycles. The number of hydrogen-bond acceptors (Lipinski definition) is 4. The standard InChI is InChI=1S/C12H18N2O4/c15-11(14-4-6-18-7-5-14)9-13-3-1-2-10(8-13)12(16)17/h2H,1,3-9H2,(H,16,17). The van der Waals surface area contributed by atoms with Crippen LogP contribution in [-0.2, 0) is 14.3 Å². The number of carbonyl (C=O) groups is 2. The molecule has 100 valence electrons. The highest BCUT2D eigenvalue weighted by molar-refractivity contribution is 5.87. The van der Waals surface area contributed by atoms with Gasteiger partial charge in [-0.2, -0.15) is 0 Å². The maximum atomic E-state index is 12.0. The maximum Gasteiger partial charge on any atom is 0.332 e. The summed E-state index contributed by atoms with van der Waals surface area (Å²) in [6.07, 6.45) is 2.43. The van der Waals surface area contributed by atoms with Crippen LogP contribution in [0.5, 0.6) is 0 Å². The van der Waals surface area contributed by atoms with E-state index >= 15 is 0 Å². The molecule has 2 aliphatic rings. The van der Waals surface area contributed by atoms with Gasteiger partial charge in [0.25, 0.3) is 0 Å². The van der Waals surface area contributed by atoms with Crippen LogP contribution in [0.3, 0.4) is 0 Å². The largest absolute Gasteiger partial charge is 0.478 e. The van der Waals surface area contributed by atoms with Gasteiger partial charge in [0.2, 0.25) is 5.91 Å². The third-order valence-electron chi connectivity index (χ3n) is 3.23. The van der Waals surface area contributed by atoms with E-state index in [0.29, 0.717) is 51.4 Å². The Morgan fingerprint density at radius 2 is 2.00 bits per heavy atom. The Morgan fingerprint density at radius 1 is 1.28 bits per heavy atom. The van der Waals surface area contributed by atoms with Crippen LogP contribution < -0.4 is 0 Å². The van der Waals surface area contributed by atoms with Crippen LogP contribution >= 0.6 is 0 Å². The van der Waals surface area contributed by atoms with Gasteiger partial charge in [0.1, 0.15) is 0 Å². The first-order valence-electron chi connectivity index (χ1n) is 6.17. The first-order valence-corrected chi connectivity index (χ1v) is 6.17. The van der Waals surface area contributed by atoms with Crippen molar-refractivity contribution in [1.82, 2.24) is 9.80 Å². The predicted octanol–water partition coefficient (Wildman–Crippen LogP) is -0.438. The van der Waals surface area contributed by atoms with Crippen LogP contribution in [0.1, 0.15) is 6.42 Å². The molecule has 1 amide bonds. The minimum atomic E-state index is -0.890. The summed E-state index contributed by atoms with van der Waals surface area (Å²) < 4.78 is 5.19. The molecular weight excluding hydrogens is 236 g/mol. The monoisotopic (exact) mass is 254 g/mol. The van der Waals surface area contributed by atoms with E-state index in [1.54, 1.807) is 11.0 Å². The average Bonchev–Trinajstić information content (AvgIpc) is 2.40. The smallest absolute Gasteiger partial charge is 0.332 e. The van der Waals surface area contributed by atoms with Gasteiger partial charge in [-0.3, -0.25) is 9.69 Å². The molecule has 2 heterocycles. The van der Waals surface area contributed by atoms with Crippen molar-refractivity contribution in [3.63, 3.8) is 0 Å². The highest BCUT2D eigenvalue weighted by Gasteiger charge is 2.23. The molecule has 1 fully saturated rings. The van der Waals surface area contributed by atoms with E-state index in [-0.39, 0.29) is 5.91 Å². The lowest BCUT2D eigenvalue weighted by atomic mass is 10.1. The fourth-order valence-corrected chi connectivity index (χ4v) is 2.20. The minimum absolute atomic E-state index is 0.0601. The van der Waals surface area contributed by atoms with E-state index < -0.39 is 5.97 Å². The zero-order valence-corrected chi connectivity index (χ0v) is 10.3. The van der Waals surface area contributed by atoms with E-state index in [0.717, 1.165) is 6.54 Å². The normalized spacial score (nSPS) is 21.6. The summed E-state index contributed by atoms with van der Waals surface area (Å²) in [4.78, 5) is 26.6. The molecule has 6 nitrogen and oxygen atoms in total. The van der Waals surface area contributed by atoms with Crippen LogP contribution in [-0.4, -0.2) is 72.7 Å². The van der Waals surface area contributed by atoms with Crippen LogP contribution in [0.2, 0.25) is 0 Å². The highest BCUT2D eigenvalue weighted by Crippen LogP contribution is 2.10. The number of morpholine rings is 1. The van der Waals surface area contributed by atoms with Gasteiger partial charge in [0, 0.05) is 31.8 Å². The number of carboxylic acid groups (broad SMARTS) is 1. The topological polar surface area (TPSA) is 70.1 Å². The van der Waals surface area contributed by atoms with Gasteiger partial charge in [0.05, 0.1) is 19.8 Å². The summed E-state index contributed by atoms with van der Waals surface area (Å²) >= 11 is 0. The van der Waals surface area contributed by atoms with Crippen molar-refractivity contribution in [3.8, 4) is 0 Å². The lowest BCUT2D eigenvalue weighted by Gasteiger charge is -2.31. The van der Waals surface area contributed by atoms with Crippen molar-refractivity contribution in [1.29, 1.82) is 0 Å². The minimum Gasteiger partial charge on any atom is -0.478 e. The van der Waals surface area contributed by atoms with Crippen LogP contribution in [0.25, 0.3) is 0 Å². The number of ether oxygens (including phenoxy) is 1. The number of hydrogen-bond donors (Lipinski definition) is 1. The number of aliphatic carboxylic acids is 1. The van der Waals surface area contributed by atoms with E-state index in [1.807, 2.05) is 4.90 Å². The van der Waals surface area contributed by atoms with Crippen molar-refractivity contribution >= 4 is 11.9 Å². The van der Waals surface area contributed by atoms with Crippen LogP contribution in [0.15, 0.2) is 11.6 Å². The molecular formula is C12H18N2O4. The Kier molecular flexibility index (Phi) is 4.33. The Balaban J connectivity index is 1.84. The molecule has 0 spiro atoms. The number of carboxylic acids is 1. The average molecular weight is 254 g/mol. The first-order chi connectivity index (χ1) is 8.66. The molecule has 6 heteroatoms. The van der Waals surface area contributed by atoms with Gasteiger partial charge in [-0.25, -0.2) is 4.79 Å². The van der Waals surface area contributed by atoms with Gasteiger partial charge < -0.3 is 14.7 Å². The number of nitrogens with zero attached hydrogens (tertiary/aromatic N) is 2. The van der Waals surface area contributed by atoms with E-state index in [1.165, 1.54) is 0 Å². The molecule has 0 atom stereocenters. The highest BCUT2D eigenvalue weighted by atomic mass is 16.5. The predicted molar refractivity (Wildman–Crippen MR) is 64.2 cm³/mol. The van der Waals surface area contributed by atoms with Gasteiger partial charge in [-0.15, -0.1) is 0 Å². The van der Waals surface area contributed by atoms with Crippen molar-refractivity contribution in [3.05, 3.63) is 11.6 Å². The van der Waals surface area contributed by atoms with Crippen molar-refractivity contribution in [2.24, 2.45) is 0 Å². The van der Waals surface area contributed by atoms with E-state index in [9.17, 15) is 9.59 Å². The van der Waals surface area contributed by atoms with Gasteiger partial charge >= 0.3 is 5.97 Å².